The third kappa shape index (κ3) is 4.74. The molecule has 1 fully saturated rings. The van der Waals surface area contributed by atoms with E-state index in [0.717, 1.165) is 12.8 Å². The molecule has 0 saturated carbocycles. The molecule has 2 aliphatic rings. The SMILES string of the molecule is CC1CC(C)CN(C(=O)C(C)S(=O)(=O)Cc2cc(Cl)c3c(c2)OCCCO3)C1. The van der Waals surface area contributed by atoms with Crippen molar-refractivity contribution in [2.75, 3.05) is 26.3 Å². The molecule has 1 aromatic rings. The van der Waals surface area contributed by atoms with Crippen LogP contribution in [0.15, 0.2) is 12.1 Å². The number of sulfone groups is 1. The van der Waals surface area contributed by atoms with Crippen LogP contribution in [0, 0.1) is 11.8 Å². The van der Waals surface area contributed by atoms with Crippen LogP contribution in [0.1, 0.15) is 39.2 Å². The number of carbonyl (C=O) groups excluding carboxylic acids is 1. The predicted octanol–water partition coefficient (Wildman–Crippen LogP) is 3.31. The quantitative estimate of drug-likeness (QED) is 0.734. The highest BCUT2D eigenvalue weighted by Gasteiger charge is 2.35. The fourth-order valence-corrected chi connectivity index (χ4v) is 5.60. The molecule has 3 unspecified atom stereocenters. The van der Waals surface area contributed by atoms with Gasteiger partial charge in [0, 0.05) is 19.5 Å². The van der Waals surface area contributed by atoms with Gasteiger partial charge >= 0.3 is 0 Å². The van der Waals surface area contributed by atoms with Gasteiger partial charge in [0.1, 0.15) is 5.25 Å². The highest BCUT2D eigenvalue weighted by atomic mass is 35.5. The first-order valence-corrected chi connectivity index (χ1v) is 11.8. The Bertz CT molecular complexity index is 831. The first kappa shape index (κ1) is 21.2. The summed E-state index contributed by atoms with van der Waals surface area (Å²) in [5, 5.41) is -0.776. The van der Waals surface area contributed by atoms with Crippen LogP contribution in [0.5, 0.6) is 11.5 Å². The zero-order valence-electron chi connectivity index (χ0n) is 16.6. The van der Waals surface area contributed by atoms with E-state index in [0.29, 0.717) is 60.2 Å². The predicted molar refractivity (Wildman–Crippen MR) is 109 cm³/mol. The lowest BCUT2D eigenvalue weighted by Gasteiger charge is -2.36. The highest BCUT2D eigenvalue weighted by molar-refractivity contribution is 7.92. The van der Waals surface area contributed by atoms with Gasteiger partial charge in [-0.1, -0.05) is 25.4 Å². The Morgan fingerprint density at radius 1 is 1.21 bits per heavy atom. The minimum absolute atomic E-state index is 0.269. The second-order valence-electron chi connectivity index (χ2n) is 8.09. The van der Waals surface area contributed by atoms with Gasteiger partial charge in [0.2, 0.25) is 5.91 Å². The summed E-state index contributed by atoms with van der Waals surface area (Å²) in [4.78, 5) is 14.5. The Balaban J connectivity index is 1.77. The second kappa shape index (κ2) is 8.49. The maximum absolute atomic E-state index is 12.9. The van der Waals surface area contributed by atoms with Crippen LogP contribution in [0.25, 0.3) is 0 Å². The van der Waals surface area contributed by atoms with Crippen molar-refractivity contribution in [2.45, 2.75) is 44.6 Å². The molecule has 0 radical (unpaired) electrons. The first-order chi connectivity index (χ1) is 13.2. The summed E-state index contributed by atoms with van der Waals surface area (Å²) in [6, 6.07) is 3.22. The van der Waals surface area contributed by atoms with Crippen LogP contribution in [-0.4, -0.2) is 50.8 Å². The molecule has 156 valence electrons. The van der Waals surface area contributed by atoms with Crippen LogP contribution in [0.3, 0.4) is 0 Å². The highest BCUT2D eigenvalue weighted by Crippen LogP contribution is 2.38. The van der Waals surface area contributed by atoms with Crippen LogP contribution in [-0.2, 0) is 20.4 Å². The number of likely N-dealkylation sites (tertiary alicyclic amines) is 1. The van der Waals surface area contributed by atoms with E-state index in [1.807, 2.05) is 0 Å². The molecule has 8 heteroatoms. The molecule has 0 spiro atoms. The summed E-state index contributed by atoms with van der Waals surface area (Å²) < 4.78 is 37.1. The number of hydrogen-bond donors (Lipinski definition) is 0. The van der Waals surface area contributed by atoms with Crippen molar-refractivity contribution in [3.63, 3.8) is 0 Å². The largest absolute Gasteiger partial charge is 0.489 e. The molecule has 1 saturated heterocycles. The van der Waals surface area contributed by atoms with Crippen molar-refractivity contribution < 1.29 is 22.7 Å². The molecule has 3 atom stereocenters. The maximum Gasteiger partial charge on any atom is 0.240 e. The van der Waals surface area contributed by atoms with E-state index < -0.39 is 15.1 Å². The van der Waals surface area contributed by atoms with E-state index in [4.69, 9.17) is 21.1 Å². The molecule has 2 heterocycles. The number of ether oxygens (including phenoxy) is 2. The molecule has 28 heavy (non-hydrogen) atoms. The average molecular weight is 430 g/mol. The molecule has 3 rings (SSSR count). The van der Waals surface area contributed by atoms with Gasteiger partial charge in [0.25, 0.3) is 0 Å². The summed E-state index contributed by atoms with van der Waals surface area (Å²) in [7, 11) is -3.70. The third-order valence-corrected chi connectivity index (χ3v) is 7.59. The van der Waals surface area contributed by atoms with Crippen molar-refractivity contribution in [1.29, 1.82) is 0 Å². The molecular weight excluding hydrogens is 402 g/mol. The molecule has 1 aromatic carbocycles. The molecule has 2 aliphatic heterocycles. The number of amides is 1. The van der Waals surface area contributed by atoms with Crippen LogP contribution < -0.4 is 9.47 Å². The molecule has 1 amide bonds. The number of halogens is 1. The molecule has 0 aromatic heterocycles. The van der Waals surface area contributed by atoms with Crippen LogP contribution >= 0.6 is 11.6 Å². The summed E-state index contributed by atoms with van der Waals surface area (Å²) in [5.74, 6) is 1.06. The molecule has 0 bridgehead atoms. The Morgan fingerprint density at radius 3 is 2.54 bits per heavy atom. The fourth-order valence-electron chi connectivity index (χ4n) is 3.98. The number of nitrogens with zero attached hydrogens (tertiary/aromatic N) is 1. The van der Waals surface area contributed by atoms with E-state index in [1.165, 1.54) is 6.92 Å². The average Bonchev–Trinajstić information content (AvgIpc) is 2.85. The van der Waals surface area contributed by atoms with Gasteiger partial charge in [0.05, 0.1) is 24.0 Å². The van der Waals surface area contributed by atoms with Crippen molar-refractivity contribution >= 4 is 27.3 Å². The van der Waals surface area contributed by atoms with Gasteiger partial charge < -0.3 is 14.4 Å². The van der Waals surface area contributed by atoms with Crippen molar-refractivity contribution in [3.05, 3.63) is 22.7 Å². The summed E-state index contributed by atoms with van der Waals surface area (Å²) >= 11 is 6.27. The van der Waals surface area contributed by atoms with Gasteiger partial charge in [-0.15, -0.1) is 0 Å². The number of fused-ring (bicyclic) bond motifs is 1. The van der Waals surface area contributed by atoms with Crippen molar-refractivity contribution in [1.82, 2.24) is 4.90 Å². The number of rotatable bonds is 4. The molecule has 0 N–H and O–H groups in total. The topological polar surface area (TPSA) is 72.9 Å². The van der Waals surface area contributed by atoms with E-state index in [9.17, 15) is 13.2 Å². The van der Waals surface area contributed by atoms with Gasteiger partial charge in [-0.05, 0) is 42.9 Å². The normalized spacial score (nSPS) is 23.8. The standard InChI is InChI=1S/C20H28ClNO5S/c1-13-7-14(2)11-22(10-13)20(23)15(3)28(24,25)12-16-8-17(21)19-18(9-16)26-5-4-6-27-19/h8-9,13-15H,4-7,10-12H2,1-3H3. The Labute approximate surface area is 172 Å². The Hall–Kier alpha value is -1.47. The van der Waals surface area contributed by atoms with Crippen molar-refractivity contribution in [3.8, 4) is 11.5 Å². The minimum Gasteiger partial charge on any atom is -0.489 e. The summed E-state index contributed by atoms with van der Waals surface area (Å²) in [6.07, 6.45) is 1.79. The second-order valence-corrected chi connectivity index (χ2v) is 10.8. The van der Waals surface area contributed by atoms with Gasteiger partial charge in [-0.2, -0.15) is 0 Å². The first-order valence-electron chi connectivity index (χ1n) is 9.75. The molecular formula is C20H28ClNO5S. The van der Waals surface area contributed by atoms with Crippen LogP contribution in [0.4, 0.5) is 0 Å². The van der Waals surface area contributed by atoms with Gasteiger partial charge in [-0.3, -0.25) is 4.79 Å². The lowest BCUT2D eigenvalue weighted by Crippen LogP contribution is -2.48. The summed E-state index contributed by atoms with van der Waals surface area (Å²) in [5.41, 5.74) is 0.495. The lowest BCUT2D eigenvalue weighted by atomic mass is 9.92. The van der Waals surface area contributed by atoms with E-state index in [-0.39, 0.29) is 11.7 Å². The number of hydrogen-bond acceptors (Lipinski definition) is 5. The summed E-state index contributed by atoms with van der Waals surface area (Å²) in [6.45, 7) is 7.87. The number of piperidine rings is 1. The maximum atomic E-state index is 12.9. The van der Waals surface area contributed by atoms with E-state index in [2.05, 4.69) is 13.8 Å². The smallest absolute Gasteiger partial charge is 0.240 e. The molecule has 0 aliphatic carbocycles. The fraction of sp³-hybridized carbons (Fsp3) is 0.650. The van der Waals surface area contributed by atoms with Crippen LogP contribution in [0.2, 0.25) is 5.02 Å². The van der Waals surface area contributed by atoms with E-state index >= 15 is 0 Å². The lowest BCUT2D eigenvalue weighted by molar-refractivity contribution is -0.133. The minimum atomic E-state index is -3.70. The van der Waals surface area contributed by atoms with E-state index in [1.54, 1.807) is 17.0 Å². The zero-order chi connectivity index (χ0) is 20.5. The van der Waals surface area contributed by atoms with Gasteiger partial charge in [0.15, 0.2) is 21.3 Å². The number of benzene rings is 1. The Morgan fingerprint density at radius 2 is 1.86 bits per heavy atom. The van der Waals surface area contributed by atoms with Crippen molar-refractivity contribution in [2.24, 2.45) is 11.8 Å². The monoisotopic (exact) mass is 429 g/mol. The van der Waals surface area contributed by atoms with Gasteiger partial charge in [-0.25, -0.2) is 8.42 Å². The number of carbonyl (C=O) groups is 1. The zero-order valence-corrected chi connectivity index (χ0v) is 18.2. The Kier molecular flexibility index (Phi) is 6.44. The molecule has 6 nitrogen and oxygen atoms in total. The third-order valence-electron chi connectivity index (χ3n) is 5.30.